The second kappa shape index (κ2) is 6.27. The Morgan fingerprint density at radius 3 is 3.00 bits per heavy atom. The standard InChI is InChI=1S/C11H20N4O/c1-3-4-5-9(12)11(16)15(2)8-10-13-6-7-14-10/h6-7,9H,3-5,8,12H2,1-2H3,(H,13,14)/t9-/m0/s1. The maximum Gasteiger partial charge on any atom is 0.239 e. The minimum absolute atomic E-state index is 0.0233. The lowest BCUT2D eigenvalue weighted by Crippen LogP contribution is -2.41. The van der Waals surface area contributed by atoms with E-state index < -0.39 is 0 Å². The molecule has 3 N–H and O–H groups in total. The zero-order chi connectivity index (χ0) is 12.0. The lowest BCUT2D eigenvalue weighted by atomic mass is 10.1. The summed E-state index contributed by atoms with van der Waals surface area (Å²) in [7, 11) is 1.75. The summed E-state index contributed by atoms with van der Waals surface area (Å²) in [6.45, 7) is 2.56. The van der Waals surface area contributed by atoms with Crippen molar-refractivity contribution in [2.24, 2.45) is 5.73 Å². The van der Waals surface area contributed by atoms with Crippen molar-refractivity contribution in [3.63, 3.8) is 0 Å². The fourth-order valence-corrected chi connectivity index (χ4v) is 1.52. The summed E-state index contributed by atoms with van der Waals surface area (Å²) in [6.07, 6.45) is 6.21. The van der Waals surface area contributed by atoms with Crippen LogP contribution in [0.2, 0.25) is 0 Å². The predicted molar refractivity (Wildman–Crippen MR) is 62.6 cm³/mol. The van der Waals surface area contributed by atoms with Gasteiger partial charge in [0.15, 0.2) is 0 Å². The van der Waals surface area contributed by atoms with Crippen LogP contribution >= 0.6 is 0 Å². The SMILES string of the molecule is CCCC[C@H](N)C(=O)N(C)Cc1ncc[nH]1. The van der Waals surface area contributed by atoms with Crippen molar-refractivity contribution in [2.75, 3.05) is 7.05 Å². The van der Waals surface area contributed by atoms with Gasteiger partial charge in [-0.2, -0.15) is 0 Å². The van der Waals surface area contributed by atoms with E-state index >= 15 is 0 Å². The Bertz CT molecular complexity index is 310. The summed E-state index contributed by atoms with van der Waals surface area (Å²) in [5, 5.41) is 0. The highest BCUT2D eigenvalue weighted by Gasteiger charge is 2.17. The normalized spacial score (nSPS) is 12.4. The smallest absolute Gasteiger partial charge is 0.239 e. The lowest BCUT2D eigenvalue weighted by molar-refractivity contribution is -0.132. The number of carbonyl (C=O) groups excluding carboxylic acids is 1. The van der Waals surface area contributed by atoms with Gasteiger partial charge in [-0.3, -0.25) is 4.79 Å². The number of hydrogen-bond donors (Lipinski definition) is 2. The van der Waals surface area contributed by atoms with Crippen molar-refractivity contribution in [2.45, 2.75) is 38.8 Å². The Morgan fingerprint density at radius 1 is 1.69 bits per heavy atom. The molecule has 0 saturated carbocycles. The summed E-state index contributed by atoms with van der Waals surface area (Å²) in [4.78, 5) is 20.5. The molecule has 1 rings (SSSR count). The Balaban J connectivity index is 2.41. The molecule has 1 atom stereocenters. The van der Waals surface area contributed by atoms with Gasteiger partial charge in [-0.25, -0.2) is 4.98 Å². The van der Waals surface area contributed by atoms with E-state index in [0.29, 0.717) is 6.54 Å². The number of unbranched alkanes of at least 4 members (excludes halogenated alkanes) is 1. The first-order chi connectivity index (χ1) is 7.65. The maximum atomic E-state index is 11.8. The first-order valence-electron chi connectivity index (χ1n) is 5.64. The fraction of sp³-hybridized carbons (Fsp3) is 0.636. The third kappa shape index (κ3) is 3.66. The first-order valence-corrected chi connectivity index (χ1v) is 5.64. The fourth-order valence-electron chi connectivity index (χ4n) is 1.52. The highest BCUT2D eigenvalue weighted by atomic mass is 16.2. The van der Waals surface area contributed by atoms with E-state index in [0.717, 1.165) is 25.1 Å². The molecule has 0 saturated heterocycles. The molecule has 1 aromatic rings. The molecule has 0 aliphatic rings. The number of hydrogen-bond acceptors (Lipinski definition) is 3. The van der Waals surface area contributed by atoms with Crippen LogP contribution in [0.25, 0.3) is 0 Å². The number of aromatic nitrogens is 2. The molecule has 0 unspecified atom stereocenters. The number of nitrogens with zero attached hydrogens (tertiary/aromatic N) is 2. The highest BCUT2D eigenvalue weighted by molar-refractivity contribution is 5.81. The van der Waals surface area contributed by atoms with E-state index in [1.165, 1.54) is 0 Å². The van der Waals surface area contributed by atoms with E-state index in [4.69, 9.17) is 5.73 Å². The predicted octanol–water partition coefficient (Wildman–Crippen LogP) is 0.886. The van der Waals surface area contributed by atoms with Crippen molar-refractivity contribution in [1.82, 2.24) is 14.9 Å². The van der Waals surface area contributed by atoms with Crippen LogP contribution in [0.3, 0.4) is 0 Å². The van der Waals surface area contributed by atoms with Gasteiger partial charge in [-0.15, -0.1) is 0 Å². The number of likely N-dealkylation sites (N-methyl/N-ethyl adjacent to an activating group) is 1. The second-order valence-electron chi connectivity index (χ2n) is 3.98. The van der Waals surface area contributed by atoms with Crippen molar-refractivity contribution in [3.05, 3.63) is 18.2 Å². The average molecular weight is 224 g/mol. The Hall–Kier alpha value is -1.36. The van der Waals surface area contributed by atoms with E-state index in [9.17, 15) is 4.79 Å². The molecule has 0 fully saturated rings. The molecule has 1 aromatic heterocycles. The molecule has 0 radical (unpaired) electrons. The van der Waals surface area contributed by atoms with Gasteiger partial charge in [0, 0.05) is 19.4 Å². The van der Waals surface area contributed by atoms with E-state index in [2.05, 4.69) is 16.9 Å². The number of nitrogens with two attached hydrogens (primary N) is 1. The van der Waals surface area contributed by atoms with Gasteiger partial charge in [-0.1, -0.05) is 19.8 Å². The van der Waals surface area contributed by atoms with Gasteiger partial charge in [0.05, 0.1) is 12.6 Å². The maximum absolute atomic E-state index is 11.8. The molecular weight excluding hydrogens is 204 g/mol. The first kappa shape index (κ1) is 12.7. The molecule has 0 aliphatic heterocycles. The van der Waals surface area contributed by atoms with Gasteiger partial charge >= 0.3 is 0 Å². The van der Waals surface area contributed by atoms with Crippen LogP contribution in [0, 0.1) is 0 Å². The highest BCUT2D eigenvalue weighted by Crippen LogP contribution is 2.03. The van der Waals surface area contributed by atoms with E-state index in [-0.39, 0.29) is 11.9 Å². The van der Waals surface area contributed by atoms with Crippen molar-refractivity contribution in [1.29, 1.82) is 0 Å². The number of rotatable bonds is 6. The zero-order valence-electron chi connectivity index (χ0n) is 9.94. The molecule has 90 valence electrons. The molecule has 0 aromatic carbocycles. The summed E-state index contributed by atoms with van der Waals surface area (Å²) >= 11 is 0. The molecule has 16 heavy (non-hydrogen) atoms. The van der Waals surface area contributed by atoms with Gasteiger partial charge in [0.1, 0.15) is 5.82 Å². The van der Waals surface area contributed by atoms with E-state index in [1.54, 1.807) is 24.3 Å². The molecule has 1 amide bonds. The Labute approximate surface area is 96.0 Å². The Morgan fingerprint density at radius 2 is 2.44 bits per heavy atom. The van der Waals surface area contributed by atoms with Crippen LogP contribution in [0.4, 0.5) is 0 Å². The second-order valence-corrected chi connectivity index (χ2v) is 3.98. The van der Waals surface area contributed by atoms with Gasteiger partial charge in [0.25, 0.3) is 0 Å². The molecule has 0 spiro atoms. The van der Waals surface area contributed by atoms with Crippen LogP contribution in [0.5, 0.6) is 0 Å². The van der Waals surface area contributed by atoms with Crippen LogP contribution in [-0.4, -0.2) is 33.9 Å². The van der Waals surface area contributed by atoms with Crippen LogP contribution in [0.15, 0.2) is 12.4 Å². The summed E-state index contributed by atoms with van der Waals surface area (Å²) in [5.41, 5.74) is 5.81. The quantitative estimate of drug-likeness (QED) is 0.753. The van der Waals surface area contributed by atoms with Crippen LogP contribution < -0.4 is 5.73 Å². The summed E-state index contributed by atoms with van der Waals surface area (Å²) in [6, 6.07) is -0.389. The van der Waals surface area contributed by atoms with Gasteiger partial charge < -0.3 is 15.6 Å². The summed E-state index contributed by atoms with van der Waals surface area (Å²) in [5.74, 6) is 0.753. The van der Waals surface area contributed by atoms with Crippen LogP contribution in [-0.2, 0) is 11.3 Å². The minimum atomic E-state index is -0.389. The number of imidazole rings is 1. The van der Waals surface area contributed by atoms with Gasteiger partial charge in [0.2, 0.25) is 5.91 Å². The number of carbonyl (C=O) groups is 1. The van der Waals surface area contributed by atoms with Crippen molar-refractivity contribution < 1.29 is 4.79 Å². The summed E-state index contributed by atoms with van der Waals surface area (Å²) < 4.78 is 0. The average Bonchev–Trinajstić information content (AvgIpc) is 2.77. The van der Waals surface area contributed by atoms with E-state index in [1.807, 2.05) is 0 Å². The van der Waals surface area contributed by atoms with Gasteiger partial charge in [-0.05, 0) is 6.42 Å². The largest absolute Gasteiger partial charge is 0.347 e. The molecule has 5 heteroatoms. The van der Waals surface area contributed by atoms with Crippen LogP contribution in [0.1, 0.15) is 32.0 Å². The molecule has 0 aliphatic carbocycles. The number of nitrogens with one attached hydrogen (secondary N) is 1. The Kier molecular flexibility index (Phi) is 4.98. The minimum Gasteiger partial charge on any atom is -0.347 e. The molecule has 5 nitrogen and oxygen atoms in total. The third-order valence-corrected chi connectivity index (χ3v) is 2.50. The molecular formula is C11H20N4O. The zero-order valence-corrected chi connectivity index (χ0v) is 9.94. The monoisotopic (exact) mass is 224 g/mol. The third-order valence-electron chi connectivity index (χ3n) is 2.50. The molecule has 0 bridgehead atoms. The number of aromatic amines is 1. The topological polar surface area (TPSA) is 75.0 Å². The van der Waals surface area contributed by atoms with Crippen molar-refractivity contribution >= 4 is 5.91 Å². The van der Waals surface area contributed by atoms with Crippen molar-refractivity contribution in [3.8, 4) is 0 Å². The number of amides is 1. The number of H-pyrrole nitrogens is 1. The lowest BCUT2D eigenvalue weighted by Gasteiger charge is -2.20. The molecule has 1 heterocycles.